The number of aromatic nitrogens is 3. The van der Waals surface area contributed by atoms with E-state index in [0.29, 0.717) is 24.2 Å². The van der Waals surface area contributed by atoms with Crippen LogP contribution >= 0.6 is 0 Å². The number of hydrogen-bond acceptors (Lipinski definition) is 4. The molecule has 20 heavy (non-hydrogen) atoms. The van der Waals surface area contributed by atoms with E-state index < -0.39 is 11.7 Å². The Morgan fingerprint density at radius 2 is 2.30 bits per heavy atom. The zero-order chi connectivity index (χ0) is 14.8. The molecule has 2 rings (SSSR count). The maximum Gasteiger partial charge on any atom is 0.407 e. The third kappa shape index (κ3) is 3.73. The monoisotopic (exact) mass is 276 g/mol. The highest BCUT2D eigenvalue weighted by atomic mass is 16.6. The van der Waals surface area contributed by atoms with Gasteiger partial charge in [0.05, 0.1) is 18.8 Å². The Hall–Kier alpha value is -2.03. The number of amides is 1. The Labute approximate surface area is 118 Å². The van der Waals surface area contributed by atoms with Crippen LogP contribution in [0, 0.1) is 18.3 Å². The quantitative estimate of drug-likeness (QED) is 0.856. The van der Waals surface area contributed by atoms with Gasteiger partial charge in [-0.25, -0.2) is 9.48 Å². The highest BCUT2D eigenvalue weighted by Gasteiger charge is 2.29. The summed E-state index contributed by atoms with van der Waals surface area (Å²) in [5.74, 6) is 3.09. The van der Waals surface area contributed by atoms with Crippen molar-refractivity contribution in [2.75, 3.05) is 0 Å². The fourth-order valence-corrected chi connectivity index (χ4v) is 1.99. The molecule has 0 saturated heterocycles. The molecule has 108 valence electrons. The molecular weight excluding hydrogens is 256 g/mol. The number of hydrogen-bond donors (Lipinski definition) is 1. The van der Waals surface area contributed by atoms with E-state index in [1.165, 1.54) is 0 Å². The van der Waals surface area contributed by atoms with Gasteiger partial charge in [0.15, 0.2) is 0 Å². The van der Waals surface area contributed by atoms with E-state index in [2.05, 4.69) is 21.5 Å². The van der Waals surface area contributed by atoms with Crippen LogP contribution in [0.4, 0.5) is 4.79 Å². The normalized spacial score (nSPS) is 21.7. The van der Waals surface area contributed by atoms with Crippen molar-refractivity contribution >= 4 is 6.09 Å². The van der Waals surface area contributed by atoms with E-state index >= 15 is 0 Å². The number of terminal acetylenes is 1. The predicted molar refractivity (Wildman–Crippen MR) is 73.7 cm³/mol. The molecule has 1 aromatic rings. The number of nitrogens with zero attached hydrogens (tertiary/aromatic N) is 3. The molecule has 1 aliphatic carbocycles. The molecule has 0 unspecified atom stereocenters. The summed E-state index contributed by atoms with van der Waals surface area (Å²) in [6.45, 7) is 5.77. The largest absolute Gasteiger partial charge is 0.444 e. The smallest absolute Gasteiger partial charge is 0.407 e. The van der Waals surface area contributed by atoms with Crippen LogP contribution in [0.5, 0.6) is 0 Å². The minimum atomic E-state index is -0.502. The average molecular weight is 276 g/mol. The third-order valence-corrected chi connectivity index (χ3v) is 3.09. The van der Waals surface area contributed by atoms with E-state index in [0.717, 1.165) is 12.8 Å². The van der Waals surface area contributed by atoms with Crippen molar-refractivity contribution in [3.8, 4) is 12.3 Å². The van der Waals surface area contributed by atoms with Crippen molar-refractivity contribution in [2.24, 2.45) is 5.92 Å². The first-order valence-corrected chi connectivity index (χ1v) is 6.71. The molecule has 1 amide bonds. The predicted octanol–water partition coefficient (Wildman–Crippen LogP) is 1.89. The summed E-state index contributed by atoms with van der Waals surface area (Å²) in [4.78, 5) is 11.5. The number of rotatable bonds is 3. The maximum absolute atomic E-state index is 11.5. The Morgan fingerprint density at radius 1 is 1.60 bits per heavy atom. The van der Waals surface area contributed by atoms with Crippen LogP contribution < -0.4 is 5.32 Å². The first kappa shape index (κ1) is 14.4. The van der Waals surface area contributed by atoms with E-state index in [1.807, 2.05) is 31.6 Å². The fraction of sp³-hybridized carbons (Fsp3) is 0.643. The van der Waals surface area contributed by atoms with Gasteiger partial charge in [0.2, 0.25) is 0 Å². The zero-order valence-electron chi connectivity index (χ0n) is 12.1. The molecule has 0 aliphatic heterocycles. The highest BCUT2D eigenvalue weighted by molar-refractivity contribution is 5.67. The fourth-order valence-electron chi connectivity index (χ4n) is 1.99. The van der Waals surface area contributed by atoms with E-state index in [-0.39, 0.29) is 0 Å². The Balaban J connectivity index is 1.79. The molecule has 1 aromatic heterocycles. The summed E-state index contributed by atoms with van der Waals surface area (Å²) >= 11 is 0. The number of nitrogens with one attached hydrogen (secondary N) is 1. The number of ether oxygens (including phenoxy) is 1. The van der Waals surface area contributed by atoms with Gasteiger partial charge in [0.1, 0.15) is 11.3 Å². The van der Waals surface area contributed by atoms with Crippen LogP contribution in [-0.4, -0.2) is 26.7 Å². The second-order valence-electron chi connectivity index (χ2n) is 6.03. The van der Waals surface area contributed by atoms with Crippen LogP contribution in [0.25, 0.3) is 0 Å². The molecule has 1 heterocycles. The molecular formula is C14H20N4O2. The highest BCUT2D eigenvalue weighted by Crippen LogP contribution is 2.36. The molecule has 6 heteroatoms. The minimum absolute atomic E-state index is 0.306. The number of carbonyl (C=O) groups excluding carboxylic acids is 1. The topological polar surface area (TPSA) is 69.0 Å². The van der Waals surface area contributed by atoms with Gasteiger partial charge < -0.3 is 10.1 Å². The van der Waals surface area contributed by atoms with Crippen molar-refractivity contribution in [1.82, 2.24) is 20.3 Å². The molecule has 0 radical (unpaired) electrons. The summed E-state index contributed by atoms with van der Waals surface area (Å²) < 4.78 is 6.97. The second-order valence-corrected chi connectivity index (χ2v) is 6.03. The average Bonchev–Trinajstić information content (AvgIpc) is 2.71. The van der Waals surface area contributed by atoms with Gasteiger partial charge in [0, 0.05) is 5.92 Å². The standard InChI is InChI=1S/C14H20N4O2/c1-5-10-6-12(7-10)18-9-11(16-17-18)8-15-13(19)20-14(2,3)4/h1,9-10,12H,6-8H2,2-4H3,(H,15,19). The molecule has 6 nitrogen and oxygen atoms in total. The molecule has 1 aliphatic rings. The van der Waals surface area contributed by atoms with Gasteiger partial charge in [-0.05, 0) is 33.6 Å². The van der Waals surface area contributed by atoms with Crippen LogP contribution in [-0.2, 0) is 11.3 Å². The molecule has 0 aromatic carbocycles. The van der Waals surface area contributed by atoms with E-state index in [9.17, 15) is 4.79 Å². The molecule has 0 bridgehead atoms. The Bertz CT molecular complexity index is 518. The summed E-state index contributed by atoms with van der Waals surface area (Å²) in [7, 11) is 0. The number of carbonyl (C=O) groups is 1. The van der Waals surface area contributed by atoms with Crippen LogP contribution in [0.15, 0.2) is 6.20 Å². The van der Waals surface area contributed by atoms with Crippen molar-refractivity contribution in [2.45, 2.75) is 51.8 Å². The SMILES string of the molecule is C#CC1CC(n2cc(CNC(=O)OC(C)(C)C)nn2)C1. The second kappa shape index (κ2) is 5.53. The van der Waals surface area contributed by atoms with Crippen molar-refractivity contribution < 1.29 is 9.53 Å². The van der Waals surface area contributed by atoms with Crippen molar-refractivity contribution in [3.05, 3.63) is 11.9 Å². The molecule has 0 spiro atoms. The summed E-state index contributed by atoms with van der Waals surface area (Å²) in [6, 6.07) is 0.332. The minimum Gasteiger partial charge on any atom is -0.444 e. The van der Waals surface area contributed by atoms with Gasteiger partial charge in [-0.1, -0.05) is 5.21 Å². The molecule has 1 fully saturated rings. The van der Waals surface area contributed by atoms with Gasteiger partial charge in [-0.15, -0.1) is 17.4 Å². The summed E-state index contributed by atoms with van der Waals surface area (Å²) in [6.07, 6.45) is 8.63. The maximum atomic E-state index is 11.5. The Kier molecular flexibility index (Phi) is 3.98. The van der Waals surface area contributed by atoms with Crippen molar-refractivity contribution in [3.63, 3.8) is 0 Å². The lowest BCUT2D eigenvalue weighted by atomic mass is 9.81. The van der Waals surface area contributed by atoms with E-state index in [4.69, 9.17) is 11.2 Å². The van der Waals surface area contributed by atoms with Crippen LogP contribution in [0.3, 0.4) is 0 Å². The first-order chi connectivity index (χ1) is 9.37. The van der Waals surface area contributed by atoms with Gasteiger partial charge >= 0.3 is 6.09 Å². The lowest BCUT2D eigenvalue weighted by Crippen LogP contribution is -2.32. The number of alkyl carbamates (subject to hydrolysis) is 1. The van der Waals surface area contributed by atoms with Crippen LogP contribution in [0.1, 0.15) is 45.3 Å². The van der Waals surface area contributed by atoms with Gasteiger partial charge in [-0.2, -0.15) is 0 Å². The van der Waals surface area contributed by atoms with Crippen molar-refractivity contribution in [1.29, 1.82) is 0 Å². The molecule has 1 N–H and O–H groups in total. The lowest BCUT2D eigenvalue weighted by Gasteiger charge is -2.31. The van der Waals surface area contributed by atoms with E-state index in [1.54, 1.807) is 0 Å². The van der Waals surface area contributed by atoms with Gasteiger partial charge in [0.25, 0.3) is 0 Å². The lowest BCUT2D eigenvalue weighted by molar-refractivity contribution is 0.0523. The van der Waals surface area contributed by atoms with Crippen LogP contribution in [0.2, 0.25) is 0 Å². The third-order valence-electron chi connectivity index (χ3n) is 3.09. The summed E-state index contributed by atoms with van der Waals surface area (Å²) in [5.41, 5.74) is 0.206. The summed E-state index contributed by atoms with van der Waals surface area (Å²) in [5, 5.41) is 10.7. The Morgan fingerprint density at radius 3 is 2.90 bits per heavy atom. The van der Waals surface area contributed by atoms with Gasteiger partial charge in [-0.3, -0.25) is 0 Å². The first-order valence-electron chi connectivity index (χ1n) is 6.71. The zero-order valence-corrected chi connectivity index (χ0v) is 12.1. The molecule has 1 saturated carbocycles. The molecule has 0 atom stereocenters.